The number of aromatic nitrogens is 2. The third kappa shape index (κ3) is 3.88. The number of aromatic amines is 1. The SMILES string of the molecule is CC(=O)N[C@@H](Cc1c[nH]c2ccccc12)C(=O)Nc1nc(C)c(C)s1. The lowest BCUT2D eigenvalue weighted by Gasteiger charge is -2.16. The minimum Gasteiger partial charge on any atom is -0.361 e. The molecule has 0 radical (unpaired) electrons. The van der Waals surface area contributed by atoms with E-state index in [2.05, 4.69) is 20.6 Å². The summed E-state index contributed by atoms with van der Waals surface area (Å²) in [7, 11) is 0. The number of fused-ring (bicyclic) bond motifs is 1. The van der Waals surface area contributed by atoms with E-state index in [0.717, 1.165) is 27.0 Å². The van der Waals surface area contributed by atoms with E-state index in [-0.39, 0.29) is 11.8 Å². The highest BCUT2D eigenvalue weighted by molar-refractivity contribution is 7.15. The van der Waals surface area contributed by atoms with Crippen LogP contribution in [-0.4, -0.2) is 27.8 Å². The Morgan fingerprint density at radius 3 is 2.72 bits per heavy atom. The van der Waals surface area contributed by atoms with Crippen molar-refractivity contribution in [2.45, 2.75) is 33.2 Å². The fourth-order valence-electron chi connectivity index (χ4n) is 2.69. The molecule has 1 aromatic carbocycles. The first kappa shape index (κ1) is 17.2. The normalized spacial score (nSPS) is 12.1. The van der Waals surface area contributed by atoms with Crippen molar-refractivity contribution < 1.29 is 9.59 Å². The lowest BCUT2D eigenvalue weighted by molar-refractivity contribution is -0.125. The lowest BCUT2D eigenvalue weighted by Crippen LogP contribution is -2.44. The number of hydrogen-bond donors (Lipinski definition) is 3. The zero-order valence-corrected chi connectivity index (χ0v) is 15.2. The van der Waals surface area contributed by atoms with Gasteiger partial charge >= 0.3 is 0 Å². The summed E-state index contributed by atoms with van der Waals surface area (Å²) in [5, 5.41) is 7.15. The van der Waals surface area contributed by atoms with E-state index >= 15 is 0 Å². The van der Waals surface area contributed by atoms with Crippen molar-refractivity contribution in [3.63, 3.8) is 0 Å². The smallest absolute Gasteiger partial charge is 0.249 e. The molecule has 3 aromatic rings. The molecule has 0 saturated carbocycles. The molecule has 7 heteroatoms. The monoisotopic (exact) mass is 356 g/mol. The van der Waals surface area contributed by atoms with Crippen LogP contribution in [0.15, 0.2) is 30.5 Å². The Balaban J connectivity index is 1.81. The third-order valence-electron chi connectivity index (χ3n) is 4.05. The summed E-state index contributed by atoms with van der Waals surface area (Å²) in [6.07, 6.45) is 2.28. The van der Waals surface area contributed by atoms with Gasteiger partial charge in [-0.25, -0.2) is 4.98 Å². The minimum absolute atomic E-state index is 0.244. The van der Waals surface area contributed by atoms with Gasteiger partial charge in [-0.15, -0.1) is 11.3 Å². The van der Waals surface area contributed by atoms with Gasteiger partial charge in [0.25, 0.3) is 0 Å². The van der Waals surface area contributed by atoms with Gasteiger partial charge in [0.15, 0.2) is 5.13 Å². The maximum absolute atomic E-state index is 12.7. The predicted molar refractivity (Wildman–Crippen MR) is 99.8 cm³/mol. The summed E-state index contributed by atoms with van der Waals surface area (Å²) in [6, 6.07) is 7.22. The number of nitrogens with one attached hydrogen (secondary N) is 3. The molecule has 0 aliphatic rings. The highest BCUT2D eigenvalue weighted by Gasteiger charge is 2.22. The molecule has 0 aliphatic carbocycles. The number of rotatable bonds is 5. The zero-order valence-electron chi connectivity index (χ0n) is 14.3. The van der Waals surface area contributed by atoms with Gasteiger partial charge < -0.3 is 15.6 Å². The van der Waals surface area contributed by atoms with Crippen LogP contribution in [0.4, 0.5) is 5.13 Å². The van der Waals surface area contributed by atoms with Gasteiger partial charge in [0.2, 0.25) is 11.8 Å². The van der Waals surface area contributed by atoms with E-state index < -0.39 is 6.04 Å². The molecular weight excluding hydrogens is 336 g/mol. The number of carbonyl (C=O) groups is 2. The first-order chi connectivity index (χ1) is 11.9. The molecular formula is C18H20N4O2S. The number of H-pyrrole nitrogens is 1. The Kier molecular flexibility index (Phi) is 4.85. The van der Waals surface area contributed by atoms with Crippen LogP contribution >= 0.6 is 11.3 Å². The molecule has 2 heterocycles. The van der Waals surface area contributed by atoms with E-state index in [1.807, 2.05) is 44.3 Å². The molecule has 0 bridgehead atoms. The molecule has 25 heavy (non-hydrogen) atoms. The molecule has 0 fully saturated rings. The van der Waals surface area contributed by atoms with Gasteiger partial charge in [-0.05, 0) is 25.5 Å². The zero-order chi connectivity index (χ0) is 18.0. The van der Waals surface area contributed by atoms with Gasteiger partial charge in [-0.3, -0.25) is 9.59 Å². The van der Waals surface area contributed by atoms with Crippen molar-refractivity contribution in [2.75, 3.05) is 5.32 Å². The molecule has 1 atom stereocenters. The fourth-order valence-corrected chi connectivity index (χ4v) is 3.51. The first-order valence-electron chi connectivity index (χ1n) is 8.01. The van der Waals surface area contributed by atoms with Crippen molar-refractivity contribution in [2.24, 2.45) is 0 Å². The maximum atomic E-state index is 12.7. The Morgan fingerprint density at radius 1 is 1.28 bits per heavy atom. The summed E-state index contributed by atoms with van der Waals surface area (Å²) >= 11 is 1.43. The van der Waals surface area contributed by atoms with Crippen molar-refractivity contribution in [3.8, 4) is 0 Å². The summed E-state index contributed by atoms with van der Waals surface area (Å²) < 4.78 is 0. The predicted octanol–water partition coefficient (Wildman–Crippen LogP) is 2.93. The molecule has 2 aromatic heterocycles. The quantitative estimate of drug-likeness (QED) is 0.657. The van der Waals surface area contributed by atoms with Crippen LogP contribution in [0.3, 0.4) is 0 Å². The van der Waals surface area contributed by atoms with Crippen molar-refractivity contribution >= 4 is 39.2 Å². The van der Waals surface area contributed by atoms with Crippen LogP contribution in [0.5, 0.6) is 0 Å². The van der Waals surface area contributed by atoms with E-state index in [0.29, 0.717) is 11.6 Å². The Labute approximate surface area is 149 Å². The average Bonchev–Trinajstić information content (AvgIpc) is 3.10. The number of anilines is 1. The van der Waals surface area contributed by atoms with Gasteiger partial charge in [-0.1, -0.05) is 18.2 Å². The van der Waals surface area contributed by atoms with Crippen LogP contribution in [0.2, 0.25) is 0 Å². The fraction of sp³-hybridized carbons (Fsp3) is 0.278. The molecule has 6 nitrogen and oxygen atoms in total. The molecule has 3 rings (SSSR count). The number of thiazole rings is 1. The maximum Gasteiger partial charge on any atom is 0.249 e. The number of para-hydroxylation sites is 1. The first-order valence-corrected chi connectivity index (χ1v) is 8.82. The number of amides is 2. The van der Waals surface area contributed by atoms with E-state index in [1.54, 1.807) is 0 Å². The average molecular weight is 356 g/mol. The molecule has 0 spiro atoms. The lowest BCUT2D eigenvalue weighted by atomic mass is 10.0. The topological polar surface area (TPSA) is 86.9 Å². The van der Waals surface area contributed by atoms with Crippen molar-refractivity contribution in [1.82, 2.24) is 15.3 Å². The number of nitrogens with zero attached hydrogens (tertiary/aromatic N) is 1. The minimum atomic E-state index is -0.666. The molecule has 3 N–H and O–H groups in total. The van der Waals surface area contributed by atoms with Crippen LogP contribution < -0.4 is 10.6 Å². The second kappa shape index (κ2) is 7.06. The summed E-state index contributed by atoms with van der Waals surface area (Å²) in [4.78, 5) is 32.8. The number of hydrogen-bond acceptors (Lipinski definition) is 4. The third-order valence-corrected chi connectivity index (χ3v) is 5.04. The molecule has 2 amide bonds. The Hall–Kier alpha value is -2.67. The molecule has 0 unspecified atom stereocenters. The van der Waals surface area contributed by atoms with E-state index in [4.69, 9.17) is 0 Å². The number of carbonyl (C=O) groups excluding carboxylic acids is 2. The van der Waals surface area contributed by atoms with E-state index in [1.165, 1.54) is 18.3 Å². The summed E-state index contributed by atoms with van der Waals surface area (Å²) in [6.45, 7) is 5.27. The van der Waals surface area contributed by atoms with Gasteiger partial charge in [0, 0.05) is 35.3 Å². The highest BCUT2D eigenvalue weighted by Crippen LogP contribution is 2.22. The molecule has 130 valence electrons. The van der Waals surface area contributed by atoms with Crippen LogP contribution in [-0.2, 0) is 16.0 Å². The molecule has 0 aliphatic heterocycles. The molecule has 0 saturated heterocycles. The van der Waals surface area contributed by atoms with Crippen LogP contribution in [0.25, 0.3) is 10.9 Å². The largest absolute Gasteiger partial charge is 0.361 e. The van der Waals surface area contributed by atoms with Gasteiger partial charge in [0.05, 0.1) is 5.69 Å². The Bertz CT molecular complexity index is 909. The van der Waals surface area contributed by atoms with Gasteiger partial charge in [0.1, 0.15) is 6.04 Å². The number of aryl methyl sites for hydroxylation is 2. The number of benzene rings is 1. The standard InChI is InChI=1S/C18H20N4O2S/c1-10-11(2)25-18(20-10)22-17(24)16(21-12(3)23)8-13-9-19-15-7-5-4-6-14(13)15/h4-7,9,16,19H,8H2,1-3H3,(H,21,23)(H,20,22,24)/t16-/m0/s1. The van der Waals surface area contributed by atoms with E-state index in [9.17, 15) is 9.59 Å². The summed E-state index contributed by atoms with van der Waals surface area (Å²) in [5.41, 5.74) is 2.88. The van der Waals surface area contributed by atoms with Crippen molar-refractivity contribution in [1.29, 1.82) is 0 Å². The Morgan fingerprint density at radius 2 is 2.04 bits per heavy atom. The summed E-state index contributed by atoms with van der Waals surface area (Å²) in [5.74, 6) is -0.513. The highest BCUT2D eigenvalue weighted by atomic mass is 32.1. The van der Waals surface area contributed by atoms with Gasteiger partial charge in [-0.2, -0.15) is 0 Å². The second-order valence-electron chi connectivity index (χ2n) is 5.97. The van der Waals surface area contributed by atoms with Crippen molar-refractivity contribution in [3.05, 3.63) is 46.6 Å². The van der Waals surface area contributed by atoms with Crippen LogP contribution in [0, 0.1) is 13.8 Å². The van der Waals surface area contributed by atoms with Crippen LogP contribution in [0.1, 0.15) is 23.1 Å². The second-order valence-corrected chi connectivity index (χ2v) is 7.17.